The molecule has 3 rings (SSSR count). The molecule has 1 aromatic carbocycles. The van der Waals surface area contributed by atoms with Gasteiger partial charge in [0.15, 0.2) is 0 Å². The van der Waals surface area contributed by atoms with E-state index in [1.807, 2.05) is 28.8 Å². The van der Waals surface area contributed by atoms with E-state index in [4.69, 9.17) is 0 Å². The number of fused-ring (bicyclic) bond motifs is 1. The van der Waals surface area contributed by atoms with Crippen LogP contribution in [0.4, 0.5) is 0 Å². The number of nitrogens with one attached hydrogen (secondary N) is 1. The van der Waals surface area contributed by atoms with Crippen LogP contribution in [0.1, 0.15) is 25.7 Å². The smallest absolute Gasteiger partial charge is 0.240 e. The van der Waals surface area contributed by atoms with E-state index >= 15 is 0 Å². The molecule has 1 amide bonds. The molecule has 106 valence electrons. The van der Waals surface area contributed by atoms with Gasteiger partial charge in [-0.2, -0.15) is 0 Å². The lowest BCUT2D eigenvalue weighted by Gasteiger charge is -2.28. The van der Waals surface area contributed by atoms with Crippen molar-refractivity contribution in [2.45, 2.75) is 44.4 Å². The maximum Gasteiger partial charge on any atom is 0.240 e. The predicted molar refractivity (Wildman–Crippen MR) is 76.1 cm³/mol. The molecule has 5 heteroatoms. The second-order valence-corrected chi connectivity index (χ2v) is 5.39. The van der Waals surface area contributed by atoms with E-state index in [1.54, 1.807) is 6.33 Å². The van der Waals surface area contributed by atoms with Crippen molar-refractivity contribution in [3.05, 3.63) is 30.6 Å². The maximum absolute atomic E-state index is 12.1. The summed E-state index contributed by atoms with van der Waals surface area (Å²) >= 11 is 0. The van der Waals surface area contributed by atoms with Crippen molar-refractivity contribution < 1.29 is 9.90 Å². The number of aromatic nitrogens is 2. The molecule has 20 heavy (non-hydrogen) atoms. The highest BCUT2D eigenvalue weighted by Gasteiger charge is 2.24. The fourth-order valence-corrected chi connectivity index (χ4v) is 2.82. The number of para-hydroxylation sites is 2. The highest BCUT2D eigenvalue weighted by atomic mass is 16.3. The molecule has 0 bridgehead atoms. The van der Waals surface area contributed by atoms with Crippen molar-refractivity contribution in [2.75, 3.05) is 0 Å². The highest BCUT2D eigenvalue weighted by Crippen LogP contribution is 2.18. The van der Waals surface area contributed by atoms with Crippen molar-refractivity contribution in [1.29, 1.82) is 0 Å². The van der Waals surface area contributed by atoms with Crippen LogP contribution in [-0.2, 0) is 11.3 Å². The number of hydrogen-bond acceptors (Lipinski definition) is 3. The summed E-state index contributed by atoms with van der Waals surface area (Å²) in [6.07, 6.45) is 5.01. The molecular formula is C15H19N3O2. The third-order valence-electron chi connectivity index (χ3n) is 3.92. The zero-order valence-corrected chi connectivity index (χ0v) is 11.3. The number of nitrogens with zero attached hydrogens (tertiary/aromatic N) is 2. The number of aliphatic hydroxyl groups is 1. The van der Waals surface area contributed by atoms with Gasteiger partial charge in [-0.15, -0.1) is 0 Å². The lowest BCUT2D eigenvalue weighted by atomic mass is 9.92. The van der Waals surface area contributed by atoms with E-state index in [0.717, 1.165) is 36.7 Å². The number of carbonyl (C=O) groups is 1. The van der Waals surface area contributed by atoms with E-state index in [9.17, 15) is 9.90 Å². The Labute approximate surface area is 117 Å². The molecule has 0 radical (unpaired) electrons. The van der Waals surface area contributed by atoms with Gasteiger partial charge in [0, 0.05) is 0 Å². The Hall–Kier alpha value is -1.88. The lowest BCUT2D eigenvalue weighted by molar-refractivity contribution is -0.123. The van der Waals surface area contributed by atoms with Gasteiger partial charge in [0.1, 0.15) is 6.54 Å². The first-order valence-corrected chi connectivity index (χ1v) is 7.11. The summed E-state index contributed by atoms with van der Waals surface area (Å²) in [5.41, 5.74) is 1.84. The van der Waals surface area contributed by atoms with Crippen LogP contribution in [0.5, 0.6) is 0 Å². The fraction of sp³-hybridized carbons (Fsp3) is 0.467. The topological polar surface area (TPSA) is 67.2 Å². The van der Waals surface area contributed by atoms with Gasteiger partial charge in [0.25, 0.3) is 0 Å². The summed E-state index contributed by atoms with van der Waals surface area (Å²) < 4.78 is 1.83. The molecule has 2 N–H and O–H groups in total. The van der Waals surface area contributed by atoms with E-state index in [1.165, 1.54) is 0 Å². The Morgan fingerprint density at radius 3 is 3.00 bits per heavy atom. The number of rotatable bonds is 3. The fourth-order valence-electron chi connectivity index (χ4n) is 2.82. The van der Waals surface area contributed by atoms with Gasteiger partial charge in [-0.05, 0) is 25.0 Å². The normalized spacial score (nSPS) is 22.9. The molecule has 1 aliphatic carbocycles. The summed E-state index contributed by atoms with van der Waals surface area (Å²) in [7, 11) is 0. The van der Waals surface area contributed by atoms with Crippen molar-refractivity contribution >= 4 is 16.9 Å². The standard InChI is InChI=1S/C15H19N3O2/c19-14-8-4-2-6-12(14)17-15(20)9-18-10-16-11-5-1-3-7-13(11)18/h1,3,5,7,10,12,14,19H,2,4,6,8-9H2,(H,17,20). The molecule has 0 aliphatic heterocycles. The van der Waals surface area contributed by atoms with Gasteiger partial charge >= 0.3 is 0 Å². The van der Waals surface area contributed by atoms with Crippen molar-refractivity contribution in [3.8, 4) is 0 Å². The Balaban J connectivity index is 1.66. The lowest BCUT2D eigenvalue weighted by Crippen LogP contribution is -2.46. The minimum atomic E-state index is -0.410. The molecule has 0 spiro atoms. The molecule has 1 saturated carbocycles. The second-order valence-electron chi connectivity index (χ2n) is 5.39. The van der Waals surface area contributed by atoms with Crippen LogP contribution in [0, 0.1) is 0 Å². The molecule has 2 atom stereocenters. The van der Waals surface area contributed by atoms with Crippen molar-refractivity contribution in [3.63, 3.8) is 0 Å². The largest absolute Gasteiger partial charge is 0.391 e. The van der Waals surface area contributed by atoms with Crippen LogP contribution in [0.2, 0.25) is 0 Å². The molecule has 2 unspecified atom stereocenters. The van der Waals surface area contributed by atoms with Crippen LogP contribution in [0.3, 0.4) is 0 Å². The summed E-state index contributed by atoms with van der Waals surface area (Å²) in [5, 5.41) is 12.8. The monoisotopic (exact) mass is 273 g/mol. The molecule has 2 aromatic rings. The van der Waals surface area contributed by atoms with E-state index in [-0.39, 0.29) is 18.5 Å². The summed E-state index contributed by atoms with van der Waals surface area (Å²) in [4.78, 5) is 16.4. The first-order valence-electron chi connectivity index (χ1n) is 7.11. The van der Waals surface area contributed by atoms with Gasteiger partial charge in [-0.3, -0.25) is 4.79 Å². The number of carbonyl (C=O) groups excluding carboxylic acids is 1. The molecule has 1 aliphatic rings. The Kier molecular flexibility index (Phi) is 3.69. The molecule has 1 aromatic heterocycles. The quantitative estimate of drug-likeness (QED) is 0.889. The number of amides is 1. The first kappa shape index (κ1) is 13.1. The van der Waals surface area contributed by atoms with Gasteiger partial charge in [0.2, 0.25) is 5.91 Å². The third kappa shape index (κ3) is 2.67. The molecule has 1 fully saturated rings. The summed E-state index contributed by atoms with van der Waals surface area (Å²) in [6, 6.07) is 7.63. The van der Waals surface area contributed by atoms with Crippen LogP contribution in [0.25, 0.3) is 11.0 Å². The van der Waals surface area contributed by atoms with Gasteiger partial charge in [0.05, 0.1) is 29.5 Å². The molecule has 1 heterocycles. The molecule has 0 saturated heterocycles. The van der Waals surface area contributed by atoms with Crippen LogP contribution in [-0.4, -0.2) is 32.7 Å². The second kappa shape index (κ2) is 5.63. The van der Waals surface area contributed by atoms with Crippen molar-refractivity contribution in [1.82, 2.24) is 14.9 Å². The van der Waals surface area contributed by atoms with E-state index in [2.05, 4.69) is 10.3 Å². The van der Waals surface area contributed by atoms with Gasteiger partial charge in [-0.1, -0.05) is 25.0 Å². The average molecular weight is 273 g/mol. The Bertz CT molecular complexity index is 608. The van der Waals surface area contributed by atoms with Crippen LogP contribution in [0.15, 0.2) is 30.6 Å². The maximum atomic E-state index is 12.1. The Morgan fingerprint density at radius 1 is 1.35 bits per heavy atom. The highest BCUT2D eigenvalue weighted by molar-refractivity contribution is 5.80. The van der Waals surface area contributed by atoms with Gasteiger partial charge in [-0.25, -0.2) is 4.98 Å². The summed E-state index contributed by atoms with van der Waals surface area (Å²) in [6.45, 7) is 0.240. The SMILES string of the molecule is O=C(Cn1cnc2ccccc21)NC1CCCCC1O. The van der Waals surface area contributed by atoms with Crippen LogP contribution < -0.4 is 5.32 Å². The number of benzene rings is 1. The molecule has 5 nitrogen and oxygen atoms in total. The average Bonchev–Trinajstić information content (AvgIpc) is 2.85. The number of imidazole rings is 1. The zero-order valence-electron chi connectivity index (χ0n) is 11.3. The number of hydrogen-bond donors (Lipinski definition) is 2. The zero-order chi connectivity index (χ0) is 13.9. The number of aliphatic hydroxyl groups excluding tert-OH is 1. The van der Waals surface area contributed by atoms with Crippen molar-refractivity contribution in [2.24, 2.45) is 0 Å². The molecular weight excluding hydrogens is 254 g/mol. The Morgan fingerprint density at radius 2 is 2.15 bits per heavy atom. The predicted octanol–water partition coefficient (Wildman–Crippen LogP) is 1.46. The van der Waals surface area contributed by atoms with Gasteiger partial charge < -0.3 is 15.0 Å². The van der Waals surface area contributed by atoms with Crippen LogP contribution >= 0.6 is 0 Å². The minimum absolute atomic E-state index is 0.0703. The first-order chi connectivity index (χ1) is 9.74. The minimum Gasteiger partial charge on any atom is -0.391 e. The van der Waals surface area contributed by atoms with E-state index in [0.29, 0.717) is 0 Å². The summed E-state index contributed by atoms with van der Waals surface area (Å²) in [5.74, 6) is -0.0703. The van der Waals surface area contributed by atoms with E-state index < -0.39 is 6.10 Å². The third-order valence-corrected chi connectivity index (χ3v) is 3.92.